The topological polar surface area (TPSA) is 111 Å². The van der Waals surface area contributed by atoms with Gasteiger partial charge in [0.05, 0.1) is 6.20 Å². The van der Waals surface area contributed by atoms with Gasteiger partial charge in [0.1, 0.15) is 29.0 Å². The number of amides is 1. The first-order valence-electron chi connectivity index (χ1n) is 7.77. The van der Waals surface area contributed by atoms with Crippen molar-refractivity contribution in [3.8, 4) is 5.82 Å². The number of aromatic nitrogens is 6. The predicted octanol–water partition coefficient (Wildman–Crippen LogP) is 0.911. The Morgan fingerprint density at radius 1 is 1.12 bits per heavy atom. The van der Waals surface area contributed by atoms with Crippen LogP contribution in [0.15, 0.2) is 37.1 Å². The maximum atomic E-state index is 11.9. The van der Waals surface area contributed by atoms with Gasteiger partial charge in [-0.2, -0.15) is 0 Å². The zero-order valence-corrected chi connectivity index (χ0v) is 14.0. The Kier molecular flexibility index (Phi) is 4.93. The molecule has 3 rings (SSSR count). The summed E-state index contributed by atoms with van der Waals surface area (Å²) in [6, 6.07) is 1.84. The molecule has 0 spiro atoms. The van der Waals surface area contributed by atoms with Crippen molar-refractivity contribution < 1.29 is 4.79 Å². The third-order valence-corrected chi connectivity index (χ3v) is 3.41. The highest BCUT2D eigenvalue weighted by Gasteiger charge is 2.07. The molecule has 0 aromatic carbocycles. The fraction of sp³-hybridized carbons (Fsp3) is 0.250. The lowest BCUT2D eigenvalue weighted by atomic mass is 10.4. The number of carbonyl (C=O) groups is 1. The standard InChI is InChI=1S/C16H18N8O/c1-11-22-14(9-15(23-11)24-8-7-18-12(24)2)20-5-6-21-16(25)13-10-17-3-4-19-13/h3-4,7-10H,5-6H2,1-2H3,(H,21,25)(H,20,22,23). The van der Waals surface area contributed by atoms with Gasteiger partial charge in [-0.3, -0.25) is 14.3 Å². The SMILES string of the molecule is Cc1nc(NCCNC(=O)c2cnccn2)cc(-n2ccnc2C)n1. The highest BCUT2D eigenvalue weighted by molar-refractivity contribution is 5.91. The predicted molar refractivity (Wildman–Crippen MR) is 91.5 cm³/mol. The number of aryl methyl sites for hydroxylation is 2. The van der Waals surface area contributed by atoms with Crippen molar-refractivity contribution in [2.45, 2.75) is 13.8 Å². The molecule has 0 saturated heterocycles. The Hall–Kier alpha value is -3.36. The van der Waals surface area contributed by atoms with Crippen LogP contribution in [0.5, 0.6) is 0 Å². The molecule has 0 atom stereocenters. The quantitative estimate of drug-likeness (QED) is 0.643. The van der Waals surface area contributed by atoms with Crippen molar-refractivity contribution in [2.24, 2.45) is 0 Å². The van der Waals surface area contributed by atoms with Crippen LogP contribution in [-0.2, 0) is 0 Å². The van der Waals surface area contributed by atoms with E-state index in [0.717, 1.165) is 11.6 Å². The van der Waals surface area contributed by atoms with Gasteiger partial charge in [-0.05, 0) is 13.8 Å². The van der Waals surface area contributed by atoms with Crippen LogP contribution in [0.4, 0.5) is 5.82 Å². The first-order valence-corrected chi connectivity index (χ1v) is 7.77. The maximum absolute atomic E-state index is 11.9. The van der Waals surface area contributed by atoms with Crippen LogP contribution in [0.2, 0.25) is 0 Å². The van der Waals surface area contributed by atoms with Crippen LogP contribution >= 0.6 is 0 Å². The largest absolute Gasteiger partial charge is 0.368 e. The molecule has 0 aliphatic rings. The molecule has 128 valence electrons. The molecule has 1 amide bonds. The van der Waals surface area contributed by atoms with Crippen LogP contribution in [0.1, 0.15) is 22.1 Å². The number of rotatable bonds is 6. The van der Waals surface area contributed by atoms with Gasteiger partial charge < -0.3 is 10.6 Å². The summed E-state index contributed by atoms with van der Waals surface area (Å²) in [4.78, 5) is 32.7. The lowest BCUT2D eigenvalue weighted by Gasteiger charge is -2.10. The Morgan fingerprint density at radius 2 is 2.00 bits per heavy atom. The number of nitrogens with one attached hydrogen (secondary N) is 2. The highest BCUT2D eigenvalue weighted by Crippen LogP contribution is 2.12. The molecule has 0 bridgehead atoms. The van der Waals surface area contributed by atoms with Gasteiger partial charge in [0.2, 0.25) is 0 Å². The summed E-state index contributed by atoms with van der Waals surface area (Å²) in [5.74, 6) is 2.67. The fourth-order valence-corrected chi connectivity index (χ4v) is 2.26. The minimum atomic E-state index is -0.261. The van der Waals surface area contributed by atoms with E-state index in [1.54, 1.807) is 6.20 Å². The summed E-state index contributed by atoms with van der Waals surface area (Å²) in [7, 11) is 0. The van der Waals surface area contributed by atoms with Crippen LogP contribution < -0.4 is 10.6 Å². The van der Waals surface area contributed by atoms with E-state index in [1.807, 2.05) is 30.7 Å². The Balaban J connectivity index is 1.58. The summed E-state index contributed by atoms with van der Waals surface area (Å²) in [6.07, 6.45) is 8.01. The molecular weight excluding hydrogens is 320 g/mol. The van der Waals surface area contributed by atoms with Crippen molar-refractivity contribution in [1.82, 2.24) is 34.8 Å². The molecule has 3 aromatic heterocycles. The second kappa shape index (κ2) is 7.47. The molecule has 0 saturated carbocycles. The molecule has 25 heavy (non-hydrogen) atoms. The lowest BCUT2D eigenvalue weighted by molar-refractivity contribution is 0.0950. The number of anilines is 1. The Bertz CT molecular complexity index is 862. The van der Waals surface area contributed by atoms with Crippen molar-refractivity contribution in [3.63, 3.8) is 0 Å². The smallest absolute Gasteiger partial charge is 0.271 e. The molecule has 0 aliphatic heterocycles. The van der Waals surface area contributed by atoms with Gasteiger partial charge in [-0.1, -0.05) is 0 Å². The third-order valence-electron chi connectivity index (χ3n) is 3.41. The van der Waals surface area contributed by atoms with Gasteiger partial charge in [0, 0.05) is 43.9 Å². The molecule has 0 aliphatic carbocycles. The molecule has 0 radical (unpaired) electrons. The van der Waals surface area contributed by atoms with E-state index in [1.165, 1.54) is 18.6 Å². The lowest BCUT2D eigenvalue weighted by Crippen LogP contribution is -2.29. The van der Waals surface area contributed by atoms with Crippen LogP contribution in [0, 0.1) is 13.8 Å². The van der Waals surface area contributed by atoms with Crippen molar-refractivity contribution in [2.75, 3.05) is 18.4 Å². The van der Waals surface area contributed by atoms with E-state index in [-0.39, 0.29) is 5.91 Å². The van der Waals surface area contributed by atoms with E-state index in [2.05, 4.69) is 35.6 Å². The van der Waals surface area contributed by atoms with E-state index in [0.29, 0.717) is 30.4 Å². The fourth-order valence-electron chi connectivity index (χ4n) is 2.26. The molecule has 3 aromatic rings. The zero-order valence-electron chi connectivity index (χ0n) is 14.0. The second-order valence-corrected chi connectivity index (χ2v) is 5.28. The van der Waals surface area contributed by atoms with Crippen LogP contribution in [0.25, 0.3) is 5.82 Å². The summed E-state index contributed by atoms with van der Waals surface area (Å²) in [5, 5.41) is 5.95. The van der Waals surface area contributed by atoms with Gasteiger partial charge in [0.25, 0.3) is 5.91 Å². The summed E-state index contributed by atoms with van der Waals surface area (Å²) < 4.78 is 1.88. The molecule has 3 heterocycles. The second-order valence-electron chi connectivity index (χ2n) is 5.28. The van der Waals surface area contributed by atoms with Gasteiger partial charge >= 0.3 is 0 Å². The number of hydrogen-bond donors (Lipinski definition) is 2. The van der Waals surface area contributed by atoms with Gasteiger partial charge in [-0.25, -0.2) is 19.9 Å². The molecular formula is C16H18N8O. The number of nitrogens with zero attached hydrogens (tertiary/aromatic N) is 6. The van der Waals surface area contributed by atoms with E-state index >= 15 is 0 Å². The first-order chi connectivity index (χ1) is 12.1. The highest BCUT2D eigenvalue weighted by atomic mass is 16.1. The molecule has 9 heteroatoms. The summed E-state index contributed by atoms with van der Waals surface area (Å²) in [5.41, 5.74) is 0.290. The average molecular weight is 338 g/mol. The van der Waals surface area contributed by atoms with Crippen molar-refractivity contribution in [1.29, 1.82) is 0 Å². The first kappa shape index (κ1) is 16.5. The Morgan fingerprint density at radius 3 is 2.72 bits per heavy atom. The Labute approximate surface area is 144 Å². The molecule has 0 fully saturated rings. The van der Waals surface area contributed by atoms with Crippen molar-refractivity contribution in [3.05, 3.63) is 54.4 Å². The van der Waals surface area contributed by atoms with E-state index in [9.17, 15) is 4.79 Å². The van der Waals surface area contributed by atoms with Crippen LogP contribution in [-0.4, -0.2) is 48.5 Å². The third kappa shape index (κ3) is 4.14. The zero-order chi connectivity index (χ0) is 17.6. The number of imidazole rings is 1. The molecule has 0 unspecified atom stereocenters. The van der Waals surface area contributed by atoms with E-state index < -0.39 is 0 Å². The number of carbonyl (C=O) groups excluding carboxylic acids is 1. The van der Waals surface area contributed by atoms with Gasteiger partial charge in [0.15, 0.2) is 0 Å². The van der Waals surface area contributed by atoms with Crippen LogP contribution in [0.3, 0.4) is 0 Å². The van der Waals surface area contributed by atoms with Gasteiger partial charge in [-0.15, -0.1) is 0 Å². The normalized spacial score (nSPS) is 10.5. The maximum Gasteiger partial charge on any atom is 0.271 e. The molecule has 2 N–H and O–H groups in total. The van der Waals surface area contributed by atoms with E-state index in [4.69, 9.17) is 0 Å². The average Bonchev–Trinajstić information content (AvgIpc) is 3.05. The number of hydrogen-bond acceptors (Lipinski definition) is 7. The minimum absolute atomic E-state index is 0.261. The van der Waals surface area contributed by atoms with Crippen molar-refractivity contribution >= 4 is 11.7 Å². The summed E-state index contributed by atoms with van der Waals surface area (Å²) >= 11 is 0. The molecule has 9 nitrogen and oxygen atoms in total. The monoisotopic (exact) mass is 338 g/mol. The minimum Gasteiger partial charge on any atom is -0.368 e. The summed E-state index contributed by atoms with van der Waals surface area (Å²) in [6.45, 7) is 4.69.